The van der Waals surface area contributed by atoms with E-state index in [2.05, 4.69) is 27.9 Å². The summed E-state index contributed by atoms with van der Waals surface area (Å²) in [6, 6.07) is 6.21. The normalized spacial score (nSPS) is 34.8. The SMILES string of the molecule is CC[C@H]1OC(=O)[C@H](C)C(=O)[C@H](C)[C@@H](O[C@@H]2OC(CNC(=N)N)CC(N(C)C)C2O)[C@](C)(OC)C[C@@H](C)CN[C@H](C)[C@H]2N(CCCCn3cc(-c4cccc(N)c4)nn3)C(=O)O[C@]12C. The molecule has 8 N–H and O–H groups in total. The summed E-state index contributed by atoms with van der Waals surface area (Å²) in [5.41, 5.74) is 11.4. The lowest BCUT2D eigenvalue weighted by Crippen LogP contribution is -2.61. The fourth-order valence-corrected chi connectivity index (χ4v) is 9.70. The number of aliphatic hydroxyl groups excluding tert-OH is 1. The third-order valence-electron chi connectivity index (χ3n) is 13.2. The number of esters is 1. The highest BCUT2D eigenvalue weighted by molar-refractivity contribution is 6.00. The number of aliphatic hydroxyl groups is 1. The van der Waals surface area contributed by atoms with Gasteiger partial charge in [-0.05, 0) is 98.5 Å². The number of hydrogen-bond donors (Lipinski definition) is 6. The fraction of sp³-hybridized carbons (Fsp3) is 0.727. The molecule has 352 valence electrons. The Morgan fingerprint density at radius 3 is 2.51 bits per heavy atom. The quantitative estimate of drug-likeness (QED) is 0.0422. The number of methoxy groups -OCH3 is 1. The van der Waals surface area contributed by atoms with E-state index in [1.807, 2.05) is 70.2 Å². The van der Waals surface area contributed by atoms with Crippen LogP contribution in [-0.4, -0.2) is 155 Å². The molecule has 0 saturated carbocycles. The number of ketones is 1. The third-order valence-corrected chi connectivity index (χ3v) is 13.2. The van der Waals surface area contributed by atoms with Crippen LogP contribution in [0.2, 0.25) is 0 Å². The second-order valence-corrected chi connectivity index (χ2v) is 18.4. The van der Waals surface area contributed by atoms with Gasteiger partial charge in [-0.15, -0.1) is 5.10 Å². The Kier molecular flexibility index (Phi) is 16.6. The van der Waals surface area contributed by atoms with Crippen molar-refractivity contribution in [3.8, 4) is 11.3 Å². The van der Waals surface area contributed by atoms with Crippen molar-refractivity contribution in [2.24, 2.45) is 23.5 Å². The molecule has 1 aromatic carbocycles. The standard InChI is InChI=1S/C44H72N10O9/c1-11-34-44(7)37(54(42(58)63-44)18-13-12-17-53-24-32(50-51-53)29-15-14-16-30(45)19-29)28(5)48-22-25(2)21-43(6,59-10)38(26(3)35(55)27(4)39(57)61-34)62-40-36(56)33(52(8)9)20-31(60-40)23-49-41(46)47/h14-16,19,24-28,31,33-34,36-38,40,48,56H,11-13,17-18,20-23,45H2,1-10H3,(H4,46,47,49)/t25-,26+,27-,28-,31?,33?,34-,36?,37-,38-,40+,43-,44-/m1/s1. The van der Waals surface area contributed by atoms with Crippen LogP contribution in [-0.2, 0) is 39.8 Å². The Bertz CT molecular complexity index is 1880. The predicted molar refractivity (Wildman–Crippen MR) is 236 cm³/mol. The van der Waals surface area contributed by atoms with E-state index < -0.39 is 77.6 Å². The van der Waals surface area contributed by atoms with Crippen molar-refractivity contribution in [1.82, 2.24) is 35.4 Å². The van der Waals surface area contributed by atoms with Gasteiger partial charge in [0.15, 0.2) is 23.6 Å². The van der Waals surface area contributed by atoms with E-state index in [0.717, 1.165) is 5.56 Å². The summed E-state index contributed by atoms with van der Waals surface area (Å²) in [5.74, 6) is -3.64. The summed E-state index contributed by atoms with van der Waals surface area (Å²) in [4.78, 5) is 46.1. The average Bonchev–Trinajstić information content (AvgIpc) is 3.82. The summed E-state index contributed by atoms with van der Waals surface area (Å²) >= 11 is 0. The minimum absolute atomic E-state index is 0.0647. The van der Waals surface area contributed by atoms with Gasteiger partial charge >= 0.3 is 12.1 Å². The van der Waals surface area contributed by atoms with Crippen molar-refractivity contribution in [3.63, 3.8) is 0 Å². The van der Waals surface area contributed by atoms with Gasteiger partial charge in [-0.2, -0.15) is 0 Å². The van der Waals surface area contributed by atoms with Crippen LogP contribution in [0.15, 0.2) is 30.5 Å². The van der Waals surface area contributed by atoms with Crippen molar-refractivity contribution in [1.29, 1.82) is 5.41 Å². The van der Waals surface area contributed by atoms with Crippen LogP contribution >= 0.6 is 0 Å². The largest absolute Gasteiger partial charge is 0.458 e. The van der Waals surface area contributed by atoms with Crippen LogP contribution in [0.25, 0.3) is 11.3 Å². The van der Waals surface area contributed by atoms with E-state index in [0.29, 0.717) is 63.1 Å². The molecule has 1 aromatic heterocycles. The molecule has 3 fully saturated rings. The predicted octanol–water partition coefficient (Wildman–Crippen LogP) is 2.75. The van der Waals surface area contributed by atoms with Gasteiger partial charge in [-0.1, -0.05) is 38.1 Å². The number of amides is 1. The molecular weight excluding hydrogens is 813 g/mol. The first-order valence-corrected chi connectivity index (χ1v) is 22.2. The number of nitrogen functional groups attached to an aromatic ring is 1. The van der Waals surface area contributed by atoms with Crippen LogP contribution in [0.5, 0.6) is 0 Å². The maximum absolute atomic E-state index is 14.5. The highest BCUT2D eigenvalue weighted by Gasteiger charge is 2.58. The monoisotopic (exact) mass is 885 g/mol. The molecule has 0 radical (unpaired) electrons. The maximum atomic E-state index is 14.5. The lowest BCUT2D eigenvalue weighted by molar-refractivity contribution is -0.296. The molecule has 3 saturated heterocycles. The van der Waals surface area contributed by atoms with Crippen LogP contribution in [0.3, 0.4) is 0 Å². The number of carbonyl (C=O) groups excluding carboxylic acids is 3. The second kappa shape index (κ2) is 21.1. The Hall–Kier alpha value is -4.40. The van der Waals surface area contributed by atoms with E-state index in [-0.39, 0.29) is 30.5 Å². The van der Waals surface area contributed by atoms with Gasteiger partial charge < -0.3 is 55.8 Å². The minimum Gasteiger partial charge on any atom is -0.458 e. The summed E-state index contributed by atoms with van der Waals surface area (Å²) in [6.07, 6.45) is -0.809. The molecule has 0 bridgehead atoms. The molecule has 4 heterocycles. The Balaban J connectivity index is 1.38. The fourth-order valence-electron chi connectivity index (χ4n) is 9.70. The molecule has 19 heteroatoms. The molecule has 0 aliphatic carbocycles. The van der Waals surface area contributed by atoms with Crippen molar-refractivity contribution in [2.45, 2.75) is 147 Å². The number of nitrogens with zero attached hydrogens (tertiary/aromatic N) is 5. The zero-order valence-electron chi connectivity index (χ0n) is 38.7. The number of nitrogens with two attached hydrogens (primary N) is 2. The summed E-state index contributed by atoms with van der Waals surface area (Å²) in [5, 5.41) is 34.4. The van der Waals surface area contributed by atoms with Gasteiger partial charge in [-0.25, -0.2) is 4.79 Å². The summed E-state index contributed by atoms with van der Waals surface area (Å²) in [7, 11) is 5.25. The number of cyclic esters (lactones) is 1. The Labute approximate surface area is 371 Å². The van der Waals surface area contributed by atoms with Crippen molar-refractivity contribution >= 4 is 29.5 Å². The molecule has 63 heavy (non-hydrogen) atoms. The molecule has 2 aromatic rings. The molecule has 19 nitrogen and oxygen atoms in total. The van der Waals surface area contributed by atoms with Crippen molar-refractivity contribution in [3.05, 3.63) is 30.5 Å². The number of Topliss-reactive ketones (excluding diaryl/α,β-unsaturated/α-hetero) is 1. The molecule has 1 amide bonds. The first-order valence-electron chi connectivity index (χ1n) is 22.2. The molecular formula is C44H72N10O9. The highest BCUT2D eigenvalue weighted by atomic mass is 16.7. The van der Waals surface area contributed by atoms with Crippen LogP contribution in [0, 0.1) is 23.2 Å². The van der Waals surface area contributed by atoms with Gasteiger partial charge in [0.05, 0.1) is 30.0 Å². The number of benzene rings is 1. The zero-order chi connectivity index (χ0) is 46.4. The number of hydrogen-bond acceptors (Lipinski definition) is 15. The van der Waals surface area contributed by atoms with Crippen molar-refractivity contribution in [2.75, 3.05) is 46.6 Å². The maximum Gasteiger partial charge on any atom is 0.410 e. The lowest BCUT2D eigenvalue weighted by Gasteiger charge is -2.47. The molecule has 0 spiro atoms. The van der Waals surface area contributed by atoms with E-state index in [1.54, 1.807) is 30.5 Å². The van der Waals surface area contributed by atoms with Gasteiger partial charge in [0.2, 0.25) is 0 Å². The number of carbonyl (C=O) groups is 3. The number of ether oxygens (including phenoxy) is 5. The van der Waals surface area contributed by atoms with Gasteiger partial charge in [-0.3, -0.25) is 24.6 Å². The second-order valence-electron chi connectivity index (χ2n) is 18.4. The molecule has 3 aliphatic heterocycles. The van der Waals surface area contributed by atoms with Gasteiger partial charge in [0.1, 0.15) is 23.8 Å². The van der Waals surface area contributed by atoms with Crippen LogP contribution in [0.1, 0.15) is 80.6 Å². The highest BCUT2D eigenvalue weighted by Crippen LogP contribution is 2.40. The van der Waals surface area contributed by atoms with Crippen molar-refractivity contribution < 1.29 is 43.2 Å². The molecule has 3 unspecified atom stereocenters. The van der Waals surface area contributed by atoms with E-state index in [1.165, 1.54) is 6.92 Å². The number of fused-ring (bicyclic) bond motifs is 1. The number of guanidine groups is 1. The smallest absolute Gasteiger partial charge is 0.410 e. The summed E-state index contributed by atoms with van der Waals surface area (Å²) < 4.78 is 33.5. The number of rotatable bonds is 13. The van der Waals surface area contributed by atoms with E-state index in [4.69, 9.17) is 40.6 Å². The van der Waals surface area contributed by atoms with Gasteiger partial charge in [0.25, 0.3) is 0 Å². The first-order chi connectivity index (χ1) is 29.7. The minimum atomic E-state index is -1.26. The Morgan fingerprint density at radius 2 is 1.86 bits per heavy atom. The molecule has 13 atom stereocenters. The number of likely N-dealkylation sites (N-methyl/N-ethyl adjacent to an activating group) is 1. The molecule has 5 rings (SSSR count). The number of nitrogens with one attached hydrogen (secondary N) is 3. The van der Waals surface area contributed by atoms with E-state index in [9.17, 15) is 19.5 Å². The number of unbranched alkanes of at least 4 members (excludes halogenated alkanes) is 1. The molecule has 3 aliphatic rings. The number of anilines is 1. The van der Waals surface area contributed by atoms with E-state index >= 15 is 0 Å². The topological polar surface area (TPSA) is 255 Å². The zero-order valence-corrected chi connectivity index (χ0v) is 38.7. The average molecular weight is 885 g/mol. The van der Waals surface area contributed by atoms with Crippen LogP contribution in [0.4, 0.5) is 10.5 Å². The summed E-state index contributed by atoms with van der Waals surface area (Å²) in [6.45, 7) is 14.5. The number of aryl methyl sites for hydroxylation is 1. The number of aromatic nitrogens is 3. The Morgan fingerprint density at radius 1 is 1.14 bits per heavy atom. The van der Waals surface area contributed by atoms with Gasteiger partial charge in [0, 0.05) is 56.0 Å². The lowest BCUT2D eigenvalue weighted by atomic mass is 9.78. The third kappa shape index (κ3) is 11.5. The van der Waals surface area contributed by atoms with Crippen LogP contribution < -0.4 is 22.1 Å². The first kappa shape index (κ1) is 49.6.